The van der Waals surface area contributed by atoms with Crippen LogP contribution in [0.4, 0.5) is 0 Å². The standard InChI is InChI=1S/C24H21N13O/c1-35-12-16(5-6-19(35)38)20-21(15-4-2-3-14(9-15)10-25)30-24(26)37-23(20)29-18(32-37)13-36-22(31-33-34-36)17-11-27-7-8-28-17/h2-3,5-9,11-12,15,23H,4,13H2,1H3,(H2,26,30)(H,29,32). The van der Waals surface area contributed by atoms with Gasteiger partial charge in [0.05, 0.1) is 18.0 Å². The van der Waals surface area contributed by atoms with Crippen molar-refractivity contribution in [3.63, 3.8) is 0 Å². The molecule has 0 spiro atoms. The van der Waals surface area contributed by atoms with Crippen molar-refractivity contribution in [1.29, 1.82) is 5.26 Å². The van der Waals surface area contributed by atoms with Crippen LogP contribution in [0.25, 0.3) is 17.1 Å². The number of tetrazole rings is 1. The first kappa shape index (κ1) is 23.0. The Kier molecular flexibility index (Phi) is 5.57. The number of pyridine rings is 1. The van der Waals surface area contributed by atoms with Gasteiger partial charge in [-0.3, -0.25) is 15.2 Å². The van der Waals surface area contributed by atoms with Gasteiger partial charge < -0.3 is 10.3 Å². The zero-order valence-electron chi connectivity index (χ0n) is 20.2. The lowest BCUT2D eigenvalue weighted by atomic mass is 9.88. The Hall–Kier alpha value is -5.45. The van der Waals surface area contributed by atoms with Crippen LogP contribution < -0.4 is 16.7 Å². The van der Waals surface area contributed by atoms with E-state index in [9.17, 15) is 10.1 Å². The third kappa shape index (κ3) is 4.01. The first-order chi connectivity index (χ1) is 18.5. The summed E-state index contributed by atoms with van der Waals surface area (Å²) in [5.41, 5.74) is 12.8. The van der Waals surface area contributed by atoms with E-state index < -0.39 is 6.17 Å². The fourth-order valence-electron chi connectivity index (χ4n) is 4.59. The topological polar surface area (TPSA) is 181 Å². The molecule has 2 unspecified atom stereocenters. The summed E-state index contributed by atoms with van der Waals surface area (Å²) in [6.07, 6.45) is 12.2. The molecule has 38 heavy (non-hydrogen) atoms. The van der Waals surface area contributed by atoms with Crippen LogP contribution in [0.3, 0.4) is 0 Å². The highest BCUT2D eigenvalue weighted by Crippen LogP contribution is 2.38. The average molecular weight is 508 g/mol. The predicted molar refractivity (Wildman–Crippen MR) is 136 cm³/mol. The van der Waals surface area contributed by atoms with Crippen molar-refractivity contribution in [3.8, 4) is 17.6 Å². The molecule has 0 amide bonds. The maximum Gasteiger partial charge on any atom is 0.250 e. The number of aromatic nitrogens is 7. The van der Waals surface area contributed by atoms with E-state index in [-0.39, 0.29) is 24.0 Å². The Morgan fingerprint density at radius 3 is 2.97 bits per heavy atom. The number of fused-ring (bicyclic) bond motifs is 1. The number of aliphatic imine (C=N–C) groups is 2. The molecule has 2 aliphatic heterocycles. The van der Waals surface area contributed by atoms with Crippen LogP contribution in [-0.4, -0.2) is 57.7 Å². The molecular formula is C24H21N13O. The summed E-state index contributed by atoms with van der Waals surface area (Å²) in [4.78, 5) is 30.2. The first-order valence-electron chi connectivity index (χ1n) is 11.7. The maximum absolute atomic E-state index is 12.1. The van der Waals surface area contributed by atoms with Gasteiger partial charge in [-0.25, -0.2) is 24.7 Å². The molecule has 5 heterocycles. The van der Waals surface area contributed by atoms with E-state index in [1.165, 1.54) is 10.6 Å². The highest BCUT2D eigenvalue weighted by atomic mass is 16.1. The highest BCUT2D eigenvalue weighted by molar-refractivity contribution is 5.95. The Morgan fingerprint density at radius 1 is 1.29 bits per heavy atom. The number of aryl methyl sites for hydroxylation is 1. The molecule has 6 rings (SSSR count). The molecule has 0 bridgehead atoms. The number of nitrogens with zero attached hydrogens (tertiary/aromatic N) is 11. The van der Waals surface area contributed by atoms with Gasteiger partial charge in [-0.2, -0.15) is 5.26 Å². The van der Waals surface area contributed by atoms with Crippen molar-refractivity contribution in [3.05, 3.63) is 82.3 Å². The fourth-order valence-corrected chi connectivity index (χ4v) is 4.59. The fraction of sp³-hybridized carbons (Fsp3) is 0.208. The second kappa shape index (κ2) is 9.21. The molecule has 3 N–H and O–H groups in total. The van der Waals surface area contributed by atoms with Gasteiger partial charge in [0.15, 0.2) is 6.17 Å². The minimum Gasteiger partial charge on any atom is -0.368 e. The monoisotopic (exact) mass is 507 g/mol. The Bertz CT molecular complexity index is 1670. The first-order valence-corrected chi connectivity index (χ1v) is 11.7. The number of rotatable bonds is 5. The van der Waals surface area contributed by atoms with Crippen LogP contribution in [-0.2, 0) is 13.6 Å². The highest BCUT2D eigenvalue weighted by Gasteiger charge is 2.39. The molecule has 3 aromatic heterocycles. The van der Waals surface area contributed by atoms with Crippen LogP contribution in [0, 0.1) is 17.2 Å². The number of allylic oxidation sites excluding steroid dienone is 4. The van der Waals surface area contributed by atoms with E-state index in [1.807, 2.05) is 12.2 Å². The van der Waals surface area contributed by atoms with E-state index in [4.69, 9.17) is 15.7 Å². The molecule has 14 heteroatoms. The number of amidine groups is 1. The number of hydrazine groups is 1. The average Bonchev–Trinajstić information content (AvgIpc) is 3.58. The lowest BCUT2D eigenvalue weighted by molar-refractivity contribution is 0.352. The summed E-state index contributed by atoms with van der Waals surface area (Å²) >= 11 is 0. The van der Waals surface area contributed by atoms with E-state index in [0.29, 0.717) is 35.0 Å². The van der Waals surface area contributed by atoms with Gasteiger partial charge in [0.1, 0.15) is 18.1 Å². The molecule has 0 radical (unpaired) electrons. The predicted octanol–water partition coefficient (Wildman–Crippen LogP) is 0.139. The van der Waals surface area contributed by atoms with Crippen LogP contribution in [0.1, 0.15) is 12.0 Å². The van der Waals surface area contributed by atoms with Crippen molar-refractivity contribution in [2.24, 2.45) is 28.7 Å². The van der Waals surface area contributed by atoms with Crippen LogP contribution >= 0.6 is 0 Å². The lowest BCUT2D eigenvalue weighted by Gasteiger charge is -2.33. The third-order valence-corrected chi connectivity index (χ3v) is 6.36. The third-order valence-electron chi connectivity index (χ3n) is 6.36. The Morgan fingerprint density at radius 2 is 2.18 bits per heavy atom. The number of guanidine groups is 1. The van der Waals surface area contributed by atoms with E-state index >= 15 is 0 Å². The van der Waals surface area contributed by atoms with E-state index in [0.717, 1.165) is 11.1 Å². The molecule has 1 aliphatic carbocycles. The van der Waals surface area contributed by atoms with Gasteiger partial charge in [0.2, 0.25) is 17.3 Å². The summed E-state index contributed by atoms with van der Waals surface area (Å²) < 4.78 is 3.07. The van der Waals surface area contributed by atoms with Crippen molar-refractivity contribution in [2.75, 3.05) is 0 Å². The number of nitrogens with one attached hydrogen (secondary N) is 1. The minimum absolute atomic E-state index is 0.136. The molecule has 3 aliphatic rings. The van der Waals surface area contributed by atoms with Crippen molar-refractivity contribution < 1.29 is 0 Å². The number of hydrogen-bond donors (Lipinski definition) is 2. The van der Waals surface area contributed by atoms with Gasteiger partial charge in [0, 0.05) is 54.3 Å². The second-order valence-corrected chi connectivity index (χ2v) is 8.80. The largest absolute Gasteiger partial charge is 0.368 e. The summed E-state index contributed by atoms with van der Waals surface area (Å²) in [6.45, 7) is 0.208. The summed E-state index contributed by atoms with van der Waals surface area (Å²) in [5, 5.41) is 23.1. The number of nitrogens with two attached hydrogens (primary N) is 1. The molecule has 14 nitrogen and oxygen atoms in total. The minimum atomic E-state index is -0.573. The van der Waals surface area contributed by atoms with Crippen LogP contribution in [0.15, 0.2) is 81.2 Å². The summed E-state index contributed by atoms with van der Waals surface area (Å²) in [6, 6.07) is 5.45. The van der Waals surface area contributed by atoms with Crippen molar-refractivity contribution >= 4 is 17.4 Å². The zero-order valence-corrected chi connectivity index (χ0v) is 20.2. The quantitative estimate of drug-likeness (QED) is 0.482. The molecule has 2 atom stereocenters. The number of hydrogen-bond acceptors (Lipinski definition) is 12. The summed E-state index contributed by atoms with van der Waals surface area (Å²) in [5.74, 6) is 1.02. The van der Waals surface area contributed by atoms with E-state index in [1.54, 1.807) is 53.7 Å². The maximum atomic E-state index is 12.1. The smallest absolute Gasteiger partial charge is 0.250 e. The normalized spacial score (nSPS) is 20.3. The van der Waals surface area contributed by atoms with Crippen molar-refractivity contribution in [2.45, 2.75) is 19.1 Å². The molecule has 0 fully saturated rings. The van der Waals surface area contributed by atoms with Gasteiger partial charge in [0.25, 0.3) is 0 Å². The summed E-state index contributed by atoms with van der Waals surface area (Å²) in [7, 11) is 1.69. The molecule has 0 saturated carbocycles. The van der Waals surface area contributed by atoms with Crippen molar-refractivity contribution in [1.82, 2.24) is 45.2 Å². The van der Waals surface area contributed by atoms with Crippen LogP contribution in [0.5, 0.6) is 0 Å². The molecule has 188 valence electrons. The van der Waals surface area contributed by atoms with Crippen LogP contribution in [0.2, 0.25) is 0 Å². The van der Waals surface area contributed by atoms with Gasteiger partial charge in [-0.15, -0.1) is 5.10 Å². The molecular weight excluding hydrogens is 486 g/mol. The SMILES string of the molecule is Cn1cc(C2=C(C3C=C(C#N)C=CC3)N=C(N)N3NC(Cn4nnnc4-c4cnccn4)=NC23)ccc1=O. The Balaban J connectivity index is 1.43. The molecule has 0 aromatic carbocycles. The second-order valence-electron chi connectivity index (χ2n) is 8.80. The lowest BCUT2D eigenvalue weighted by Crippen LogP contribution is -2.52. The van der Waals surface area contributed by atoms with Gasteiger partial charge >= 0.3 is 0 Å². The molecule has 3 aromatic rings. The zero-order chi connectivity index (χ0) is 26.2. The Labute approximate surface area is 215 Å². The van der Waals surface area contributed by atoms with Gasteiger partial charge in [-0.05, 0) is 29.0 Å². The van der Waals surface area contributed by atoms with E-state index in [2.05, 4.69) is 37.0 Å². The van der Waals surface area contributed by atoms with Gasteiger partial charge in [-0.1, -0.05) is 12.2 Å². The molecule has 0 saturated heterocycles. The number of nitriles is 1.